The van der Waals surface area contributed by atoms with Crippen molar-refractivity contribution in [3.63, 3.8) is 0 Å². The first-order valence-electron chi connectivity index (χ1n) is 9.61. The van der Waals surface area contributed by atoms with E-state index < -0.39 is 5.63 Å². The number of imidazole rings is 1. The molecule has 2 aromatic carbocycles. The van der Waals surface area contributed by atoms with E-state index in [1.54, 1.807) is 18.6 Å². The molecular weight excluding hydrogens is 382 g/mol. The molecule has 0 unspecified atom stereocenters. The number of nitrogens with one attached hydrogen (secondary N) is 2. The van der Waals surface area contributed by atoms with Crippen LogP contribution in [0, 0.1) is 6.92 Å². The number of aromatic nitrogens is 2. The number of benzene rings is 2. The van der Waals surface area contributed by atoms with Crippen LogP contribution in [-0.4, -0.2) is 29.0 Å². The number of hydrogen-bond donors (Lipinski definition) is 2. The van der Waals surface area contributed by atoms with Crippen molar-refractivity contribution in [3.05, 3.63) is 82.7 Å². The van der Waals surface area contributed by atoms with Crippen molar-refractivity contribution < 1.29 is 13.9 Å². The molecule has 0 spiro atoms. The SMILES string of the molecule is Cc1c(OCC(=O)NCCc2cnc[nH]2)ccc2c(-c3ccccc3)cc(=O)oc12. The third-order valence-electron chi connectivity index (χ3n) is 4.83. The van der Waals surface area contributed by atoms with E-state index in [0.29, 0.717) is 29.9 Å². The second-order valence-electron chi connectivity index (χ2n) is 6.88. The fourth-order valence-corrected chi connectivity index (χ4v) is 3.31. The van der Waals surface area contributed by atoms with E-state index in [1.165, 1.54) is 6.07 Å². The molecule has 0 fully saturated rings. The molecule has 1 amide bonds. The van der Waals surface area contributed by atoms with Crippen molar-refractivity contribution in [2.24, 2.45) is 0 Å². The third-order valence-corrected chi connectivity index (χ3v) is 4.83. The van der Waals surface area contributed by atoms with Crippen LogP contribution in [-0.2, 0) is 11.2 Å². The highest BCUT2D eigenvalue weighted by Gasteiger charge is 2.14. The molecule has 0 aliphatic heterocycles. The Labute approximate surface area is 172 Å². The second-order valence-corrected chi connectivity index (χ2v) is 6.88. The lowest BCUT2D eigenvalue weighted by molar-refractivity contribution is -0.123. The van der Waals surface area contributed by atoms with Crippen LogP contribution >= 0.6 is 0 Å². The zero-order valence-corrected chi connectivity index (χ0v) is 16.5. The summed E-state index contributed by atoms with van der Waals surface area (Å²) in [6.45, 7) is 2.17. The zero-order chi connectivity index (χ0) is 20.9. The van der Waals surface area contributed by atoms with Crippen molar-refractivity contribution in [2.45, 2.75) is 13.3 Å². The van der Waals surface area contributed by atoms with Gasteiger partial charge in [0.15, 0.2) is 6.61 Å². The Morgan fingerprint density at radius 2 is 2.03 bits per heavy atom. The topological polar surface area (TPSA) is 97.2 Å². The van der Waals surface area contributed by atoms with Gasteiger partial charge < -0.3 is 19.5 Å². The number of hydrogen-bond acceptors (Lipinski definition) is 5. The van der Waals surface area contributed by atoms with E-state index in [1.807, 2.05) is 43.3 Å². The molecule has 2 N–H and O–H groups in total. The number of rotatable bonds is 7. The summed E-state index contributed by atoms with van der Waals surface area (Å²) in [6.07, 6.45) is 3.98. The van der Waals surface area contributed by atoms with Gasteiger partial charge in [0, 0.05) is 41.9 Å². The molecule has 0 radical (unpaired) electrons. The molecule has 30 heavy (non-hydrogen) atoms. The first-order valence-corrected chi connectivity index (χ1v) is 9.61. The van der Waals surface area contributed by atoms with Crippen molar-refractivity contribution in [1.29, 1.82) is 0 Å². The minimum atomic E-state index is -0.432. The van der Waals surface area contributed by atoms with Crippen molar-refractivity contribution >= 4 is 16.9 Å². The number of aromatic amines is 1. The fourth-order valence-electron chi connectivity index (χ4n) is 3.31. The Morgan fingerprint density at radius 1 is 1.20 bits per heavy atom. The van der Waals surface area contributed by atoms with Crippen molar-refractivity contribution in [1.82, 2.24) is 15.3 Å². The number of amides is 1. The number of fused-ring (bicyclic) bond motifs is 1. The Morgan fingerprint density at radius 3 is 2.80 bits per heavy atom. The van der Waals surface area contributed by atoms with Gasteiger partial charge in [-0.1, -0.05) is 30.3 Å². The summed E-state index contributed by atoms with van der Waals surface area (Å²) in [6, 6.07) is 14.8. The van der Waals surface area contributed by atoms with Gasteiger partial charge in [-0.25, -0.2) is 9.78 Å². The fraction of sp³-hybridized carbons (Fsp3) is 0.174. The maximum atomic E-state index is 12.1. The highest BCUT2D eigenvalue weighted by Crippen LogP contribution is 2.32. The van der Waals surface area contributed by atoms with Crippen LogP contribution in [0.15, 0.2) is 70.3 Å². The molecule has 2 heterocycles. The van der Waals surface area contributed by atoms with Crippen LogP contribution in [0.25, 0.3) is 22.1 Å². The molecule has 152 valence electrons. The van der Waals surface area contributed by atoms with E-state index in [-0.39, 0.29) is 12.5 Å². The largest absolute Gasteiger partial charge is 0.483 e. The predicted octanol–water partition coefficient (Wildman–Crippen LogP) is 3.23. The maximum Gasteiger partial charge on any atom is 0.336 e. The summed E-state index contributed by atoms with van der Waals surface area (Å²) < 4.78 is 11.1. The highest BCUT2D eigenvalue weighted by molar-refractivity contribution is 5.95. The van der Waals surface area contributed by atoms with Crippen LogP contribution < -0.4 is 15.7 Å². The second kappa shape index (κ2) is 8.65. The quantitative estimate of drug-likeness (QED) is 0.462. The molecule has 0 aliphatic carbocycles. The summed E-state index contributed by atoms with van der Waals surface area (Å²) >= 11 is 0. The average molecular weight is 403 g/mol. The number of aryl methyl sites for hydroxylation is 1. The van der Waals surface area contributed by atoms with Gasteiger partial charge in [0.25, 0.3) is 5.91 Å². The van der Waals surface area contributed by atoms with Gasteiger partial charge in [0.05, 0.1) is 6.33 Å². The van der Waals surface area contributed by atoms with E-state index in [0.717, 1.165) is 22.2 Å². The molecule has 0 bridgehead atoms. The monoisotopic (exact) mass is 403 g/mol. The molecule has 4 aromatic rings. The minimum Gasteiger partial charge on any atom is -0.483 e. The van der Waals surface area contributed by atoms with Crippen LogP contribution in [0.3, 0.4) is 0 Å². The normalized spacial score (nSPS) is 10.8. The zero-order valence-electron chi connectivity index (χ0n) is 16.5. The molecule has 0 saturated heterocycles. The minimum absolute atomic E-state index is 0.127. The first-order chi connectivity index (χ1) is 14.6. The van der Waals surface area contributed by atoms with E-state index in [4.69, 9.17) is 9.15 Å². The van der Waals surface area contributed by atoms with E-state index in [2.05, 4.69) is 15.3 Å². The van der Waals surface area contributed by atoms with Crippen molar-refractivity contribution in [3.8, 4) is 16.9 Å². The lowest BCUT2D eigenvalue weighted by Crippen LogP contribution is -2.30. The van der Waals surface area contributed by atoms with E-state index in [9.17, 15) is 9.59 Å². The number of carbonyl (C=O) groups is 1. The molecule has 2 aromatic heterocycles. The smallest absolute Gasteiger partial charge is 0.336 e. The molecule has 7 heteroatoms. The van der Waals surface area contributed by atoms with Crippen LogP contribution in [0.4, 0.5) is 0 Å². The Balaban J connectivity index is 1.49. The number of H-pyrrole nitrogens is 1. The summed E-state index contributed by atoms with van der Waals surface area (Å²) in [5.41, 5.74) is 3.38. The lowest BCUT2D eigenvalue weighted by Gasteiger charge is -2.12. The number of ether oxygens (including phenoxy) is 1. The van der Waals surface area contributed by atoms with Gasteiger partial charge in [-0.05, 0) is 30.2 Å². The van der Waals surface area contributed by atoms with Crippen LogP contribution in [0.2, 0.25) is 0 Å². The van der Waals surface area contributed by atoms with Gasteiger partial charge >= 0.3 is 5.63 Å². The summed E-state index contributed by atoms with van der Waals surface area (Å²) in [5.74, 6) is 0.271. The molecular formula is C23H21N3O4. The van der Waals surface area contributed by atoms with Gasteiger partial charge in [-0.3, -0.25) is 4.79 Å². The third kappa shape index (κ3) is 4.25. The first kappa shape index (κ1) is 19.4. The van der Waals surface area contributed by atoms with Crippen LogP contribution in [0.5, 0.6) is 5.75 Å². The van der Waals surface area contributed by atoms with Crippen LogP contribution in [0.1, 0.15) is 11.3 Å². The van der Waals surface area contributed by atoms with Gasteiger partial charge in [-0.2, -0.15) is 0 Å². The molecule has 0 aliphatic rings. The predicted molar refractivity (Wildman–Crippen MR) is 113 cm³/mol. The van der Waals surface area contributed by atoms with E-state index >= 15 is 0 Å². The summed E-state index contributed by atoms with van der Waals surface area (Å²) in [7, 11) is 0. The highest BCUT2D eigenvalue weighted by atomic mass is 16.5. The Bertz CT molecular complexity index is 1210. The Hall–Kier alpha value is -3.87. The Kier molecular flexibility index (Phi) is 5.61. The molecule has 4 rings (SSSR count). The molecule has 7 nitrogen and oxygen atoms in total. The number of nitrogens with zero attached hydrogens (tertiary/aromatic N) is 1. The van der Waals surface area contributed by atoms with Crippen molar-refractivity contribution in [2.75, 3.05) is 13.2 Å². The van der Waals surface area contributed by atoms with Gasteiger partial charge in [0.1, 0.15) is 11.3 Å². The summed E-state index contributed by atoms with van der Waals surface area (Å²) in [5, 5.41) is 3.62. The maximum absolute atomic E-state index is 12.1. The summed E-state index contributed by atoms with van der Waals surface area (Å²) in [4.78, 5) is 31.1. The molecule has 0 saturated carbocycles. The standard InChI is InChI=1S/C23H21N3O4/c1-15-20(29-13-21(27)25-10-9-17-12-24-14-26-17)8-7-18-19(11-22(28)30-23(15)18)16-5-3-2-4-6-16/h2-8,11-12,14H,9-10,13H2,1H3,(H,24,26)(H,25,27). The average Bonchev–Trinajstić information content (AvgIpc) is 3.27. The lowest BCUT2D eigenvalue weighted by atomic mass is 10.0. The van der Waals surface area contributed by atoms with Gasteiger partial charge in [0.2, 0.25) is 0 Å². The number of carbonyl (C=O) groups excluding carboxylic acids is 1. The molecule has 0 atom stereocenters. The van der Waals surface area contributed by atoms with Gasteiger partial charge in [-0.15, -0.1) is 0 Å².